The molecule has 4 fully saturated rings. The van der Waals surface area contributed by atoms with Gasteiger partial charge in [-0.25, -0.2) is 0 Å². The highest BCUT2D eigenvalue weighted by Gasteiger charge is 2.51. The molecule has 70 heavy (non-hydrogen) atoms. The molecule has 0 radical (unpaired) electrons. The second kappa shape index (κ2) is 16.6. The fraction of sp³-hybridized carbons (Fsp3) is 0.147. The van der Waals surface area contributed by atoms with Crippen LogP contribution in [0.25, 0.3) is 82.8 Å². The third-order valence-electron chi connectivity index (χ3n) is 16.6. The molecule has 0 atom stereocenters. The lowest BCUT2D eigenvalue weighted by Gasteiger charge is -2.57. The van der Waals surface area contributed by atoms with Crippen LogP contribution in [0.2, 0.25) is 0 Å². The van der Waals surface area contributed by atoms with Crippen molar-refractivity contribution in [3.8, 4) is 50.2 Å². The molecule has 15 rings (SSSR count). The lowest BCUT2D eigenvalue weighted by atomic mass is 9.48. The van der Waals surface area contributed by atoms with Crippen molar-refractivity contribution in [2.75, 3.05) is 4.90 Å². The standard InChI is InChI=1S/C68H54N2/c1-3-12-51(13-4-1)60-19-9-14-54-15-10-20-61(66(54)60)52-28-36-58(37-29-52)69(57-34-26-50(27-35-57)49-24-32-55(33-25-49)68-43-46-40-47(44-68)42-48(41-46)45-68)59-38-30-53(31-39-59)62-21-11-23-65-67(62)63-18-7-8-22-64(63)70(65)56-16-5-2-6-17-56/h1-39,46-48H,40-45H2. The number of hydrogen-bond donors (Lipinski definition) is 0. The maximum atomic E-state index is 2.48. The quantitative estimate of drug-likeness (QED) is 0.140. The van der Waals surface area contributed by atoms with Gasteiger partial charge >= 0.3 is 0 Å². The second-order valence-electron chi connectivity index (χ2n) is 20.7. The molecule has 1 aromatic heterocycles. The monoisotopic (exact) mass is 898 g/mol. The van der Waals surface area contributed by atoms with Crippen LogP contribution in [0.3, 0.4) is 0 Å². The van der Waals surface area contributed by atoms with E-state index in [0.717, 1.165) is 34.8 Å². The van der Waals surface area contributed by atoms with E-state index in [1.54, 1.807) is 5.56 Å². The van der Waals surface area contributed by atoms with E-state index in [1.165, 1.54) is 121 Å². The van der Waals surface area contributed by atoms with Gasteiger partial charge in [0.25, 0.3) is 0 Å². The third kappa shape index (κ3) is 6.91. The molecule has 4 saturated carbocycles. The fourth-order valence-electron chi connectivity index (χ4n) is 13.9. The van der Waals surface area contributed by atoms with E-state index in [-0.39, 0.29) is 0 Å². The Labute approximate surface area is 411 Å². The maximum Gasteiger partial charge on any atom is 0.0547 e. The van der Waals surface area contributed by atoms with Crippen molar-refractivity contribution >= 4 is 49.6 Å². The maximum absolute atomic E-state index is 2.48. The third-order valence-corrected chi connectivity index (χ3v) is 16.6. The topological polar surface area (TPSA) is 8.17 Å². The summed E-state index contributed by atoms with van der Waals surface area (Å²) in [7, 11) is 0. The molecule has 336 valence electrons. The Morgan fingerprint density at radius 3 is 1.33 bits per heavy atom. The van der Waals surface area contributed by atoms with Crippen molar-refractivity contribution in [1.29, 1.82) is 0 Å². The Kier molecular flexibility index (Phi) is 9.76. The highest BCUT2D eigenvalue weighted by molar-refractivity contribution is 6.16. The summed E-state index contributed by atoms with van der Waals surface area (Å²) in [6.07, 6.45) is 8.63. The van der Waals surface area contributed by atoms with Gasteiger partial charge in [0.15, 0.2) is 0 Å². The number of benzene rings is 10. The van der Waals surface area contributed by atoms with Gasteiger partial charge in [0, 0.05) is 33.5 Å². The molecular formula is C68H54N2. The van der Waals surface area contributed by atoms with Gasteiger partial charge in [0.05, 0.1) is 11.0 Å². The predicted molar refractivity (Wildman–Crippen MR) is 295 cm³/mol. The summed E-state index contributed by atoms with van der Waals surface area (Å²) in [5, 5.41) is 5.05. The summed E-state index contributed by atoms with van der Waals surface area (Å²) < 4.78 is 2.40. The molecule has 0 saturated heterocycles. The van der Waals surface area contributed by atoms with Crippen molar-refractivity contribution in [2.45, 2.75) is 43.9 Å². The average Bonchev–Trinajstić information content (AvgIpc) is 3.76. The molecular weight excluding hydrogens is 845 g/mol. The van der Waals surface area contributed by atoms with Gasteiger partial charge in [-0.2, -0.15) is 0 Å². The van der Waals surface area contributed by atoms with Gasteiger partial charge in [0.1, 0.15) is 0 Å². The smallest absolute Gasteiger partial charge is 0.0547 e. The molecule has 10 aromatic carbocycles. The van der Waals surface area contributed by atoms with Crippen LogP contribution >= 0.6 is 0 Å². The molecule has 4 bridgehead atoms. The Bertz CT molecular complexity index is 3660. The molecule has 0 spiro atoms. The van der Waals surface area contributed by atoms with Crippen molar-refractivity contribution in [2.24, 2.45) is 17.8 Å². The lowest BCUT2D eigenvalue weighted by molar-refractivity contribution is -0.00518. The SMILES string of the molecule is c1ccc(-c2cccc3cccc(-c4ccc(N(c5ccc(-c6ccc(C78CC9CC(CC(C9)C7)C8)cc6)cc5)c5ccc(-c6cccc7c6c6ccccc6n7-c6ccccc6)cc5)cc4)c23)cc1. The van der Waals surface area contributed by atoms with Crippen LogP contribution < -0.4 is 4.90 Å². The van der Waals surface area contributed by atoms with Crippen molar-refractivity contribution < 1.29 is 0 Å². The van der Waals surface area contributed by atoms with Gasteiger partial charge in [-0.05, 0) is 183 Å². The molecule has 11 aromatic rings. The van der Waals surface area contributed by atoms with E-state index in [9.17, 15) is 0 Å². The summed E-state index contributed by atoms with van der Waals surface area (Å²) in [6.45, 7) is 0. The average molecular weight is 899 g/mol. The normalized spacial score (nSPS) is 19.3. The van der Waals surface area contributed by atoms with Crippen LogP contribution in [-0.4, -0.2) is 4.57 Å². The van der Waals surface area contributed by atoms with Crippen LogP contribution in [0.1, 0.15) is 44.1 Å². The molecule has 4 aliphatic carbocycles. The first-order valence-electron chi connectivity index (χ1n) is 25.5. The molecule has 0 amide bonds. The van der Waals surface area contributed by atoms with E-state index in [0.29, 0.717) is 5.41 Å². The molecule has 2 nitrogen and oxygen atoms in total. The van der Waals surface area contributed by atoms with Gasteiger partial charge < -0.3 is 9.47 Å². The minimum Gasteiger partial charge on any atom is -0.311 e. The van der Waals surface area contributed by atoms with Crippen LogP contribution in [0.5, 0.6) is 0 Å². The van der Waals surface area contributed by atoms with E-state index < -0.39 is 0 Å². The molecule has 1 heterocycles. The summed E-state index contributed by atoms with van der Waals surface area (Å²) in [5.41, 5.74) is 18.8. The summed E-state index contributed by atoms with van der Waals surface area (Å²) in [4.78, 5) is 2.41. The first-order chi connectivity index (χ1) is 34.6. The first-order valence-corrected chi connectivity index (χ1v) is 25.5. The predicted octanol–water partition coefficient (Wildman–Crippen LogP) is 18.5. The van der Waals surface area contributed by atoms with Crippen LogP contribution in [0, 0.1) is 17.8 Å². The number of para-hydroxylation sites is 2. The summed E-state index contributed by atoms with van der Waals surface area (Å²) in [6, 6.07) is 87.8. The lowest BCUT2D eigenvalue weighted by Crippen LogP contribution is -2.48. The summed E-state index contributed by atoms with van der Waals surface area (Å²) >= 11 is 0. The Hall–Kier alpha value is -7.94. The van der Waals surface area contributed by atoms with E-state index in [1.807, 2.05) is 0 Å². The van der Waals surface area contributed by atoms with Gasteiger partial charge in [0.2, 0.25) is 0 Å². The van der Waals surface area contributed by atoms with Crippen molar-refractivity contribution in [3.63, 3.8) is 0 Å². The fourth-order valence-corrected chi connectivity index (χ4v) is 13.9. The van der Waals surface area contributed by atoms with Crippen LogP contribution in [0.15, 0.2) is 237 Å². The molecule has 0 aliphatic heterocycles. The van der Waals surface area contributed by atoms with Crippen LogP contribution in [-0.2, 0) is 5.41 Å². The van der Waals surface area contributed by atoms with E-state index >= 15 is 0 Å². The molecule has 2 heteroatoms. The Morgan fingerprint density at radius 1 is 0.343 bits per heavy atom. The van der Waals surface area contributed by atoms with Crippen LogP contribution in [0.4, 0.5) is 17.1 Å². The summed E-state index contributed by atoms with van der Waals surface area (Å²) in [5.74, 6) is 2.84. The Balaban J connectivity index is 0.842. The number of anilines is 3. The Morgan fingerprint density at radius 2 is 0.771 bits per heavy atom. The number of hydrogen-bond acceptors (Lipinski definition) is 1. The minimum absolute atomic E-state index is 0.411. The van der Waals surface area contributed by atoms with Gasteiger partial charge in [-0.3, -0.25) is 0 Å². The zero-order valence-corrected chi connectivity index (χ0v) is 39.4. The van der Waals surface area contributed by atoms with E-state index in [2.05, 4.69) is 246 Å². The minimum atomic E-state index is 0.411. The first kappa shape index (κ1) is 41.1. The molecule has 0 unspecified atom stereocenters. The number of aromatic nitrogens is 1. The van der Waals surface area contributed by atoms with Gasteiger partial charge in [-0.15, -0.1) is 0 Å². The van der Waals surface area contributed by atoms with Crippen molar-refractivity contribution in [1.82, 2.24) is 4.57 Å². The zero-order valence-electron chi connectivity index (χ0n) is 39.4. The zero-order chi connectivity index (χ0) is 46.2. The highest BCUT2D eigenvalue weighted by Crippen LogP contribution is 2.61. The largest absolute Gasteiger partial charge is 0.311 e. The second-order valence-corrected chi connectivity index (χ2v) is 20.7. The molecule has 4 aliphatic rings. The molecule has 0 N–H and O–H groups in total. The van der Waals surface area contributed by atoms with E-state index in [4.69, 9.17) is 0 Å². The number of rotatable bonds is 9. The number of nitrogens with zero attached hydrogens (tertiary/aromatic N) is 2. The highest BCUT2D eigenvalue weighted by atomic mass is 15.1. The van der Waals surface area contributed by atoms with Gasteiger partial charge in [-0.1, -0.05) is 176 Å². The number of fused-ring (bicyclic) bond motifs is 4. The van der Waals surface area contributed by atoms with Crippen molar-refractivity contribution in [3.05, 3.63) is 242 Å².